The summed E-state index contributed by atoms with van der Waals surface area (Å²) in [5, 5.41) is 3.00. The van der Waals surface area contributed by atoms with E-state index in [4.69, 9.17) is 0 Å². The molecule has 0 saturated heterocycles. The molecule has 39 heavy (non-hydrogen) atoms. The lowest BCUT2D eigenvalue weighted by Crippen LogP contribution is -2.53. The zero-order valence-electron chi connectivity index (χ0n) is 23.4. The van der Waals surface area contributed by atoms with Crippen molar-refractivity contribution in [1.29, 1.82) is 0 Å². The van der Waals surface area contributed by atoms with E-state index in [1.54, 1.807) is 30.3 Å². The molecule has 2 atom stereocenters. The number of rotatable bonds is 12. The van der Waals surface area contributed by atoms with Gasteiger partial charge in [-0.3, -0.25) is 13.9 Å². The smallest absolute Gasteiger partial charge is 0.264 e. The van der Waals surface area contributed by atoms with Crippen LogP contribution in [0, 0.1) is 13.8 Å². The molecule has 208 valence electrons. The minimum atomic E-state index is -4.08. The first-order valence-corrected chi connectivity index (χ1v) is 14.8. The SMILES string of the molecule is CC[C@H](C(=O)N[C@@H](C)CC)N(Cc1cccc(C)c1)C(=O)CN(c1ccccc1C)S(=O)(=O)c1ccccc1. The lowest BCUT2D eigenvalue weighted by molar-refractivity contribution is -0.140. The zero-order chi connectivity index (χ0) is 28.6. The highest BCUT2D eigenvalue weighted by atomic mass is 32.2. The fourth-order valence-corrected chi connectivity index (χ4v) is 5.94. The Morgan fingerprint density at radius 2 is 1.54 bits per heavy atom. The van der Waals surface area contributed by atoms with Crippen molar-refractivity contribution in [2.75, 3.05) is 10.8 Å². The van der Waals surface area contributed by atoms with Crippen molar-refractivity contribution in [2.24, 2.45) is 0 Å². The molecule has 0 radical (unpaired) electrons. The maximum atomic E-state index is 14.1. The average Bonchev–Trinajstić information content (AvgIpc) is 2.92. The van der Waals surface area contributed by atoms with Crippen molar-refractivity contribution in [1.82, 2.24) is 10.2 Å². The van der Waals surface area contributed by atoms with E-state index in [9.17, 15) is 18.0 Å². The summed E-state index contributed by atoms with van der Waals surface area (Å²) in [6, 6.07) is 22.1. The van der Waals surface area contributed by atoms with E-state index in [1.807, 2.05) is 71.0 Å². The highest BCUT2D eigenvalue weighted by Gasteiger charge is 2.34. The molecule has 0 aliphatic heterocycles. The number of para-hydroxylation sites is 1. The Bertz CT molecular complexity index is 1380. The minimum absolute atomic E-state index is 0.0515. The highest BCUT2D eigenvalue weighted by Crippen LogP contribution is 2.27. The van der Waals surface area contributed by atoms with Crippen LogP contribution in [0.1, 0.15) is 50.3 Å². The Morgan fingerprint density at radius 1 is 0.872 bits per heavy atom. The van der Waals surface area contributed by atoms with E-state index in [-0.39, 0.29) is 23.4 Å². The average molecular weight is 550 g/mol. The van der Waals surface area contributed by atoms with Crippen LogP contribution in [0.15, 0.2) is 83.8 Å². The zero-order valence-corrected chi connectivity index (χ0v) is 24.2. The second-order valence-electron chi connectivity index (χ2n) is 9.86. The molecular weight excluding hydrogens is 510 g/mol. The van der Waals surface area contributed by atoms with Gasteiger partial charge in [0.2, 0.25) is 11.8 Å². The van der Waals surface area contributed by atoms with E-state index in [1.165, 1.54) is 17.0 Å². The van der Waals surface area contributed by atoms with Crippen LogP contribution in [0.3, 0.4) is 0 Å². The van der Waals surface area contributed by atoms with Gasteiger partial charge in [-0.2, -0.15) is 0 Å². The van der Waals surface area contributed by atoms with Crippen molar-refractivity contribution < 1.29 is 18.0 Å². The van der Waals surface area contributed by atoms with Gasteiger partial charge in [0.1, 0.15) is 12.6 Å². The summed E-state index contributed by atoms with van der Waals surface area (Å²) >= 11 is 0. The van der Waals surface area contributed by atoms with E-state index in [0.29, 0.717) is 12.1 Å². The van der Waals surface area contributed by atoms with Crippen LogP contribution in [-0.4, -0.2) is 43.8 Å². The lowest BCUT2D eigenvalue weighted by Gasteiger charge is -2.34. The summed E-state index contributed by atoms with van der Waals surface area (Å²) in [7, 11) is -4.08. The number of nitrogens with one attached hydrogen (secondary N) is 1. The van der Waals surface area contributed by atoms with Crippen LogP contribution >= 0.6 is 0 Å². The molecule has 3 aromatic rings. The van der Waals surface area contributed by atoms with Gasteiger partial charge >= 0.3 is 0 Å². The Kier molecular flexibility index (Phi) is 10.3. The normalized spacial score (nSPS) is 12.8. The van der Waals surface area contributed by atoms with Gasteiger partial charge in [0.15, 0.2) is 0 Å². The quantitative estimate of drug-likeness (QED) is 0.336. The molecule has 3 rings (SSSR count). The van der Waals surface area contributed by atoms with Gasteiger partial charge in [0.25, 0.3) is 10.0 Å². The third-order valence-electron chi connectivity index (χ3n) is 6.82. The number of hydrogen-bond acceptors (Lipinski definition) is 4. The van der Waals surface area contributed by atoms with Crippen molar-refractivity contribution in [3.05, 3.63) is 95.6 Å². The van der Waals surface area contributed by atoms with Crippen LogP contribution in [0.25, 0.3) is 0 Å². The second kappa shape index (κ2) is 13.4. The first kappa shape index (κ1) is 29.9. The summed E-state index contributed by atoms with van der Waals surface area (Å²) in [6.07, 6.45) is 1.14. The van der Waals surface area contributed by atoms with Crippen LogP contribution in [-0.2, 0) is 26.2 Å². The molecule has 3 aromatic carbocycles. The molecule has 0 unspecified atom stereocenters. The number of benzene rings is 3. The Hall–Kier alpha value is -3.65. The molecule has 0 aromatic heterocycles. The number of carbonyl (C=O) groups excluding carboxylic acids is 2. The fourth-order valence-electron chi connectivity index (χ4n) is 4.44. The first-order valence-electron chi connectivity index (χ1n) is 13.4. The number of anilines is 1. The number of hydrogen-bond donors (Lipinski definition) is 1. The molecule has 0 saturated carbocycles. The van der Waals surface area contributed by atoms with E-state index in [0.717, 1.165) is 27.4 Å². The number of amides is 2. The molecule has 0 bridgehead atoms. The highest BCUT2D eigenvalue weighted by molar-refractivity contribution is 7.92. The maximum absolute atomic E-state index is 14.1. The predicted octanol–water partition coefficient (Wildman–Crippen LogP) is 5.22. The van der Waals surface area contributed by atoms with Crippen LogP contribution in [0.4, 0.5) is 5.69 Å². The standard InChI is InChI=1S/C31H39N3O4S/c1-6-25(5)32-31(36)28(7-2)33(21-26-16-13-14-23(3)20-26)30(35)22-34(29-19-12-11-15-24(29)4)39(37,38)27-17-9-8-10-18-27/h8-20,25,28H,6-7,21-22H2,1-5H3,(H,32,36)/t25-,28+/m0/s1. The number of nitrogens with zero attached hydrogens (tertiary/aromatic N) is 2. The Balaban J connectivity index is 2.06. The summed E-state index contributed by atoms with van der Waals surface area (Å²) < 4.78 is 28.9. The van der Waals surface area contributed by atoms with Crippen molar-refractivity contribution >= 4 is 27.5 Å². The van der Waals surface area contributed by atoms with E-state index >= 15 is 0 Å². The molecule has 7 nitrogen and oxygen atoms in total. The number of aryl methyl sites for hydroxylation is 2. The van der Waals surface area contributed by atoms with Gasteiger partial charge in [-0.15, -0.1) is 0 Å². The topological polar surface area (TPSA) is 86.8 Å². The Morgan fingerprint density at radius 3 is 2.15 bits per heavy atom. The fraction of sp³-hybridized carbons (Fsp3) is 0.355. The lowest BCUT2D eigenvalue weighted by atomic mass is 10.1. The summed E-state index contributed by atoms with van der Waals surface area (Å²) in [5.74, 6) is -0.702. The molecule has 2 amide bonds. The molecule has 0 aliphatic carbocycles. The minimum Gasteiger partial charge on any atom is -0.352 e. The molecular formula is C31H39N3O4S. The molecule has 0 fully saturated rings. The molecule has 0 spiro atoms. The van der Waals surface area contributed by atoms with E-state index in [2.05, 4.69) is 5.32 Å². The summed E-state index contributed by atoms with van der Waals surface area (Å²) in [6.45, 7) is 9.28. The van der Waals surface area contributed by atoms with E-state index < -0.39 is 28.5 Å². The third kappa shape index (κ3) is 7.47. The molecule has 8 heteroatoms. The third-order valence-corrected chi connectivity index (χ3v) is 8.59. The molecule has 1 N–H and O–H groups in total. The van der Waals surface area contributed by atoms with Gasteiger partial charge in [-0.1, -0.05) is 80.1 Å². The summed E-state index contributed by atoms with van der Waals surface area (Å²) in [4.78, 5) is 29.0. The molecule has 0 aliphatic rings. The summed E-state index contributed by atoms with van der Waals surface area (Å²) in [5.41, 5.74) is 3.04. The number of sulfonamides is 1. The second-order valence-corrected chi connectivity index (χ2v) is 11.7. The monoisotopic (exact) mass is 549 g/mol. The van der Waals surface area contributed by atoms with Crippen molar-refractivity contribution in [2.45, 2.75) is 71.0 Å². The van der Waals surface area contributed by atoms with Crippen molar-refractivity contribution in [3.63, 3.8) is 0 Å². The van der Waals surface area contributed by atoms with Crippen LogP contribution in [0.5, 0.6) is 0 Å². The number of carbonyl (C=O) groups is 2. The van der Waals surface area contributed by atoms with Crippen LogP contribution in [0.2, 0.25) is 0 Å². The van der Waals surface area contributed by atoms with Gasteiger partial charge in [-0.05, 0) is 62.9 Å². The molecule has 0 heterocycles. The van der Waals surface area contributed by atoms with Gasteiger partial charge in [0, 0.05) is 12.6 Å². The van der Waals surface area contributed by atoms with Crippen molar-refractivity contribution in [3.8, 4) is 0 Å². The largest absolute Gasteiger partial charge is 0.352 e. The van der Waals surface area contributed by atoms with Gasteiger partial charge in [0.05, 0.1) is 10.6 Å². The van der Waals surface area contributed by atoms with Crippen LogP contribution < -0.4 is 9.62 Å². The van der Waals surface area contributed by atoms with Gasteiger partial charge in [-0.25, -0.2) is 8.42 Å². The Labute approximate surface area is 232 Å². The predicted molar refractivity (Wildman–Crippen MR) is 156 cm³/mol. The maximum Gasteiger partial charge on any atom is 0.264 e. The first-order chi connectivity index (χ1) is 18.6. The van der Waals surface area contributed by atoms with Gasteiger partial charge < -0.3 is 10.2 Å².